The molecule has 2 atom stereocenters. The highest BCUT2D eigenvalue weighted by Gasteiger charge is 2.19. The molecule has 2 unspecified atom stereocenters. The summed E-state index contributed by atoms with van der Waals surface area (Å²) >= 11 is 0. The van der Waals surface area contributed by atoms with Gasteiger partial charge in [-0.05, 0) is 18.3 Å². The monoisotopic (exact) mass is 139 g/mol. The molecule has 0 nitrogen and oxygen atoms in total. The summed E-state index contributed by atoms with van der Waals surface area (Å²) < 4.78 is 0. The summed E-state index contributed by atoms with van der Waals surface area (Å²) in [5, 5.41) is 0. The molecule has 0 aliphatic heterocycles. The Kier molecular flexibility index (Phi) is 3.24. The topological polar surface area (TPSA) is 0 Å². The van der Waals surface area contributed by atoms with E-state index < -0.39 is 0 Å². The highest BCUT2D eigenvalue weighted by molar-refractivity contribution is 4.72. The lowest BCUT2D eigenvalue weighted by Gasteiger charge is -2.06. The van der Waals surface area contributed by atoms with Crippen LogP contribution in [0.1, 0.15) is 45.4 Å². The first-order valence-corrected chi connectivity index (χ1v) is 4.62. The Bertz CT molecular complexity index is 86.0. The Balaban J connectivity index is 2.06. The minimum absolute atomic E-state index is 1.01. The van der Waals surface area contributed by atoms with Crippen LogP contribution in [0.15, 0.2) is 0 Å². The number of unbranched alkanes of at least 4 members (excludes halogenated alkanes) is 1. The maximum absolute atomic E-state index is 3.87. The van der Waals surface area contributed by atoms with Gasteiger partial charge in [-0.15, -0.1) is 0 Å². The molecular formula is C10H19. The van der Waals surface area contributed by atoms with Crippen LogP contribution in [0.2, 0.25) is 0 Å². The second kappa shape index (κ2) is 4.00. The molecule has 1 fully saturated rings. The van der Waals surface area contributed by atoms with Gasteiger partial charge in [-0.1, -0.05) is 46.0 Å². The molecule has 59 valence electrons. The minimum Gasteiger partial charge on any atom is -0.0625 e. The van der Waals surface area contributed by atoms with Crippen LogP contribution in [0.25, 0.3) is 0 Å². The molecule has 0 saturated heterocycles. The number of rotatable bonds is 3. The summed E-state index contributed by atoms with van der Waals surface area (Å²) in [6, 6.07) is 0. The van der Waals surface area contributed by atoms with E-state index >= 15 is 0 Å². The summed E-state index contributed by atoms with van der Waals surface area (Å²) in [5.74, 6) is 2.06. The van der Waals surface area contributed by atoms with Gasteiger partial charge in [0, 0.05) is 0 Å². The lowest BCUT2D eigenvalue weighted by Crippen LogP contribution is -1.93. The van der Waals surface area contributed by atoms with Crippen LogP contribution in [0.5, 0.6) is 0 Å². The van der Waals surface area contributed by atoms with Gasteiger partial charge < -0.3 is 0 Å². The molecule has 1 aliphatic carbocycles. The van der Waals surface area contributed by atoms with Gasteiger partial charge in [0.1, 0.15) is 0 Å². The van der Waals surface area contributed by atoms with Gasteiger partial charge in [0.25, 0.3) is 0 Å². The van der Waals surface area contributed by atoms with E-state index in [2.05, 4.69) is 13.8 Å². The van der Waals surface area contributed by atoms with Crippen LogP contribution in [0, 0.1) is 18.8 Å². The van der Waals surface area contributed by atoms with Gasteiger partial charge in [-0.25, -0.2) is 0 Å². The molecule has 1 rings (SSSR count). The van der Waals surface area contributed by atoms with Crippen LogP contribution in [0.4, 0.5) is 0 Å². The van der Waals surface area contributed by atoms with Crippen LogP contribution < -0.4 is 0 Å². The Hall–Kier alpha value is 0. The van der Waals surface area contributed by atoms with E-state index in [9.17, 15) is 0 Å². The van der Waals surface area contributed by atoms with Gasteiger partial charge in [0.05, 0.1) is 0 Å². The van der Waals surface area contributed by atoms with Crippen molar-refractivity contribution < 1.29 is 0 Å². The Labute approximate surface area is 65.0 Å². The molecule has 1 radical (unpaired) electrons. The third-order valence-electron chi connectivity index (χ3n) is 2.67. The van der Waals surface area contributed by atoms with Crippen LogP contribution in [0.3, 0.4) is 0 Å². The predicted octanol–water partition coefficient (Wildman–Crippen LogP) is 3.43. The van der Waals surface area contributed by atoms with Crippen molar-refractivity contribution in [3.8, 4) is 0 Å². The molecule has 0 amide bonds. The van der Waals surface area contributed by atoms with Crippen molar-refractivity contribution in [1.82, 2.24) is 0 Å². The maximum Gasteiger partial charge on any atom is -0.0412 e. The lowest BCUT2D eigenvalue weighted by molar-refractivity contribution is 0.466. The Morgan fingerprint density at radius 1 is 1.40 bits per heavy atom. The average molecular weight is 139 g/mol. The quantitative estimate of drug-likeness (QED) is 0.562. The van der Waals surface area contributed by atoms with Crippen LogP contribution >= 0.6 is 0 Å². The molecule has 0 aromatic carbocycles. The molecule has 1 saturated carbocycles. The average Bonchev–Trinajstić information content (AvgIpc) is 2.31. The molecule has 1 aliphatic rings. The van der Waals surface area contributed by atoms with Gasteiger partial charge >= 0.3 is 0 Å². The SMILES string of the molecule is [CH2]CCCC1CCC(C)C1. The normalized spacial score (nSPS) is 33.0. The zero-order valence-electron chi connectivity index (χ0n) is 7.10. The van der Waals surface area contributed by atoms with Crippen molar-refractivity contribution in [3.05, 3.63) is 6.92 Å². The summed E-state index contributed by atoms with van der Waals surface area (Å²) in [7, 11) is 0. The van der Waals surface area contributed by atoms with Gasteiger partial charge in [-0.3, -0.25) is 0 Å². The van der Waals surface area contributed by atoms with Crippen molar-refractivity contribution in [1.29, 1.82) is 0 Å². The maximum atomic E-state index is 3.87. The van der Waals surface area contributed by atoms with Crippen molar-refractivity contribution in [2.45, 2.75) is 45.4 Å². The summed E-state index contributed by atoms with van der Waals surface area (Å²) in [6.45, 7) is 6.24. The van der Waals surface area contributed by atoms with E-state index in [1.54, 1.807) is 0 Å². The van der Waals surface area contributed by atoms with Crippen molar-refractivity contribution >= 4 is 0 Å². The first kappa shape index (κ1) is 8.10. The second-order valence-electron chi connectivity index (χ2n) is 3.78. The number of hydrogen-bond acceptors (Lipinski definition) is 0. The molecule has 0 aromatic heterocycles. The third kappa shape index (κ3) is 2.32. The fraction of sp³-hybridized carbons (Fsp3) is 0.900. The van der Waals surface area contributed by atoms with Crippen molar-refractivity contribution in [2.24, 2.45) is 11.8 Å². The van der Waals surface area contributed by atoms with Crippen molar-refractivity contribution in [2.75, 3.05) is 0 Å². The Morgan fingerprint density at radius 3 is 2.70 bits per heavy atom. The largest absolute Gasteiger partial charge is 0.0625 e. The van der Waals surface area contributed by atoms with Gasteiger partial charge in [-0.2, -0.15) is 0 Å². The van der Waals surface area contributed by atoms with E-state index in [4.69, 9.17) is 0 Å². The second-order valence-corrected chi connectivity index (χ2v) is 3.78. The zero-order chi connectivity index (χ0) is 7.40. The van der Waals surface area contributed by atoms with Crippen LogP contribution in [-0.2, 0) is 0 Å². The summed E-state index contributed by atoms with van der Waals surface area (Å²) in [4.78, 5) is 0. The van der Waals surface area contributed by atoms with E-state index in [-0.39, 0.29) is 0 Å². The first-order chi connectivity index (χ1) is 4.83. The molecule has 0 spiro atoms. The fourth-order valence-corrected chi connectivity index (χ4v) is 2.02. The molecule has 0 heterocycles. The van der Waals surface area contributed by atoms with E-state index in [0.29, 0.717) is 0 Å². The van der Waals surface area contributed by atoms with Crippen LogP contribution in [-0.4, -0.2) is 0 Å². The summed E-state index contributed by atoms with van der Waals surface area (Å²) in [5.41, 5.74) is 0. The van der Waals surface area contributed by atoms with Gasteiger partial charge in [0.2, 0.25) is 0 Å². The molecular weight excluding hydrogens is 120 g/mol. The standard InChI is InChI=1S/C10H19/c1-3-4-5-10-7-6-9(2)8-10/h9-10H,1,3-8H2,2H3. The Morgan fingerprint density at radius 2 is 2.20 bits per heavy atom. The first-order valence-electron chi connectivity index (χ1n) is 4.62. The zero-order valence-corrected chi connectivity index (χ0v) is 7.10. The van der Waals surface area contributed by atoms with Crippen molar-refractivity contribution in [3.63, 3.8) is 0 Å². The molecule has 0 N–H and O–H groups in total. The molecule has 10 heavy (non-hydrogen) atoms. The lowest BCUT2D eigenvalue weighted by atomic mass is 10.00. The highest BCUT2D eigenvalue weighted by Crippen LogP contribution is 2.33. The third-order valence-corrected chi connectivity index (χ3v) is 2.67. The number of hydrogen-bond donors (Lipinski definition) is 0. The molecule has 0 bridgehead atoms. The van der Waals surface area contributed by atoms with Gasteiger partial charge in [0.15, 0.2) is 0 Å². The molecule has 0 heteroatoms. The predicted molar refractivity (Wildman–Crippen MR) is 45.7 cm³/mol. The smallest absolute Gasteiger partial charge is 0.0412 e. The van der Waals surface area contributed by atoms with E-state index in [0.717, 1.165) is 18.3 Å². The minimum atomic E-state index is 1.01. The summed E-state index contributed by atoms with van der Waals surface area (Å²) in [6.07, 6.45) is 8.36. The van der Waals surface area contributed by atoms with E-state index in [1.165, 1.54) is 32.1 Å². The van der Waals surface area contributed by atoms with E-state index in [1.807, 2.05) is 0 Å². The molecule has 0 aromatic rings. The fourth-order valence-electron chi connectivity index (χ4n) is 2.02. The highest BCUT2D eigenvalue weighted by atomic mass is 14.3.